The summed E-state index contributed by atoms with van der Waals surface area (Å²) >= 11 is 1.46. The Morgan fingerprint density at radius 1 is 1.17 bits per heavy atom. The van der Waals surface area contributed by atoms with Crippen molar-refractivity contribution in [2.24, 2.45) is 7.05 Å². The van der Waals surface area contributed by atoms with Gasteiger partial charge in [-0.25, -0.2) is 4.39 Å². The number of rotatable bonds is 7. The fourth-order valence-corrected chi connectivity index (χ4v) is 4.01. The van der Waals surface area contributed by atoms with Gasteiger partial charge in [-0.2, -0.15) is 0 Å². The van der Waals surface area contributed by atoms with E-state index >= 15 is 0 Å². The first-order valence-corrected chi connectivity index (χ1v) is 10.6. The fourth-order valence-electron chi connectivity index (χ4n) is 3.17. The van der Waals surface area contributed by atoms with Gasteiger partial charge in [-0.15, -0.1) is 10.2 Å². The van der Waals surface area contributed by atoms with Gasteiger partial charge in [-0.05, 0) is 36.2 Å². The number of aromatic nitrogens is 4. The van der Waals surface area contributed by atoms with Gasteiger partial charge in [-0.3, -0.25) is 4.79 Å². The van der Waals surface area contributed by atoms with Crippen LogP contribution in [0.3, 0.4) is 0 Å². The van der Waals surface area contributed by atoms with E-state index in [4.69, 9.17) is 4.74 Å². The molecule has 30 heavy (non-hydrogen) atoms. The molecule has 0 amide bonds. The van der Waals surface area contributed by atoms with Crippen LogP contribution in [0.5, 0.6) is 5.75 Å². The van der Waals surface area contributed by atoms with Gasteiger partial charge in [0.15, 0.2) is 16.4 Å². The van der Waals surface area contributed by atoms with E-state index in [0.717, 1.165) is 28.6 Å². The minimum absolute atomic E-state index is 0.208. The number of aryl methyl sites for hydroxylation is 1. The molecule has 2 aromatic heterocycles. The van der Waals surface area contributed by atoms with Crippen molar-refractivity contribution in [3.8, 4) is 5.75 Å². The number of ether oxygens (including phenoxy) is 1. The van der Waals surface area contributed by atoms with Crippen LogP contribution in [-0.2, 0) is 25.8 Å². The summed E-state index contributed by atoms with van der Waals surface area (Å²) in [7, 11) is 1.89. The molecule has 0 radical (unpaired) electrons. The Kier molecular flexibility index (Phi) is 5.85. The van der Waals surface area contributed by atoms with Crippen LogP contribution in [0.4, 0.5) is 4.39 Å². The fraction of sp³-hybridized carbons (Fsp3) is 0.227. The summed E-state index contributed by atoms with van der Waals surface area (Å²) in [6.45, 7) is 2.41. The summed E-state index contributed by atoms with van der Waals surface area (Å²) in [6.07, 6.45) is 0.896. The molecule has 2 aromatic carbocycles. The van der Waals surface area contributed by atoms with E-state index in [1.54, 1.807) is 6.07 Å². The topological polar surface area (TPSA) is 72.8 Å². The highest BCUT2D eigenvalue weighted by atomic mass is 32.2. The van der Waals surface area contributed by atoms with Crippen molar-refractivity contribution in [1.29, 1.82) is 0 Å². The first-order valence-electron chi connectivity index (χ1n) is 9.58. The highest BCUT2D eigenvalue weighted by molar-refractivity contribution is 7.98. The van der Waals surface area contributed by atoms with Crippen LogP contribution < -0.4 is 10.2 Å². The predicted molar refractivity (Wildman–Crippen MR) is 115 cm³/mol. The average Bonchev–Trinajstić information content (AvgIpc) is 3.11. The summed E-state index contributed by atoms with van der Waals surface area (Å²) in [4.78, 5) is 15.4. The maximum Gasteiger partial charge on any atom is 0.191 e. The van der Waals surface area contributed by atoms with Crippen LogP contribution >= 0.6 is 11.8 Å². The lowest BCUT2D eigenvalue weighted by molar-refractivity contribution is 0.287. The van der Waals surface area contributed by atoms with E-state index in [9.17, 15) is 9.18 Å². The van der Waals surface area contributed by atoms with Gasteiger partial charge in [-0.1, -0.05) is 36.9 Å². The predicted octanol–water partition coefficient (Wildman–Crippen LogP) is 4.23. The second-order valence-electron chi connectivity index (χ2n) is 6.85. The lowest BCUT2D eigenvalue weighted by atomic mass is 10.1. The molecule has 0 fully saturated rings. The third kappa shape index (κ3) is 4.23. The number of thioether (sulfide) groups is 1. The van der Waals surface area contributed by atoms with E-state index in [-0.39, 0.29) is 5.43 Å². The molecule has 4 aromatic rings. The standard InChI is InChI=1S/C22H21FN4O2S/c1-3-14-6-4-5-7-20(14)29-12-21-25-26-22(27(21)2)30-13-16-11-19(28)17-10-15(23)8-9-18(17)24-16/h4-11H,3,12-13H2,1-2H3,(H,24,28). The zero-order valence-corrected chi connectivity index (χ0v) is 17.5. The zero-order valence-electron chi connectivity index (χ0n) is 16.7. The van der Waals surface area contributed by atoms with Gasteiger partial charge in [0.25, 0.3) is 0 Å². The van der Waals surface area contributed by atoms with Gasteiger partial charge in [0, 0.05) is 35.5 Å². The number of nitrogens with zero attached hydrogens (tertiary/aromatic N) is 3. The minimum Gasteiger partial charge on any atom is -0.485 e. The normalized spacial score (nSPS) is 11.2. The molecule has 0 aliphatic rings. The number of H-pyrrole nitrogens is 1. The van der Waals surface area contributed by atoms with Crippen LogP contribution in [-0.4, -0.2) is 19.7 Å². The Hall–Kier alpha value is -3.13. The maximum absolute atomic E-state index is 13.4. The minimum atomic E-state index is -0.425. The third-order valence-electron chi connectivity index (χ3n) is 4.84. The third-order valence-corrected chi connectivity index (χ3v) is 5.91. The Balaban J connectivity index is 1.45. The Labute approximate surface area is 177 Å². The number of hydrogen-bond acceptors (Lipinski definition) is 5. The molecule has 6 nitrogen and oxygen atoms in total. The number of hydrogen-bond donors (Lipinski definition) is 1. The Bertz CT molecular complexity index is 1250. The number of aromatic amines is 1. The summed E-state index contributed by atoms with van der Waals surface area (Å²) < 4.78 is 21.2. The SMILES string of the molecule is CCc1ccccc1OCc1nnc(SCc2cc(=O)c3cc(F)ccc3[nH]2)n1C. The van der Waals surface area contributed by atoms with Crippen molar-refractivity contribution in [3.63, 3.8) is 0 Å². The number of nitrogens with one attached hydrogen (secondary N) is 1. The first kappa shape index (κ1) is 20.2. The second kappa shape index (κ2) is 8.71. The highest BCUT2D eigenvalue weighted by Gasteiger charge is 2.12. The van der Waals surface area contributed by atoms with E-state index in [1.807, 2.05) is 35.9 Å². The van der Waals surface area contributed by atoms with Gasteiger partial charge in [0.2, 0.25) is 0 Å². The molecule has 0 aliphatic heterocycles. The molecule has 154 valence electrons. The van der Waals surface area contributed by atoms with E-state index < -0.39 is 5.82 Å². The lowest BCUT2D eigenvalue weighted by Gasteiger charge is -2.10. The molecule has 0 bridgehead atoms. The molecule has 1 N–H and O–H groups in total. The number of fused-ring (bicyclic) bond motifs is 1. The molecule has 0 saturated carbocycles. The first-order chi connectivity index (χ1) is 14.5. The number of benzene rings is 2. The molecular formula is C22H21FN4O2S. The van der Waals surface area contributed by atoms with Crippen molar-refractivity contribution in [2.45, 2.75) is 30.9 Å². The molecule has 2 heterocycles. The van der Waals surface area contributed by atoms with Crippen molar-refractivity contribution >= 4 is 22.7 Å². The summed E-state index contributed by atoms with van der Waals surface area (Å²) in [5, 5.41) is 9.53. The molecule has 0 saturated heterocycles. The molecule has 8 heteroatoms. The average molecular weight is 425 g/mol. The quantitative estimate of drug-likeness (QED) is 0.450. The highest BCUT2D eigenvalue weighted by Crippen LogP contribution is 2.23. The maximum atomic E-state index is 13.4. The van der Waals surface area contributed by atoms with Crippen LogP contribution in [0.15, 0.2) is 58.5 Å². The van der Waals surface area contributed by atoms with Crippen LogP contribution in [0, 0.1) is 5.82 Å². The van der Waals surface area contributed by atoms with E-state index in [2.05, 4.69) is 22.1 Å². The summed E-state index contributed by atoms with van der Waals surface area (Å²) in [5.41, 5.74) is 2.29. The molecular weight excluding hydrogens is 403 g/mol. The number of pyridine rings is 1. The molecule has 0 spiro atoms. The molecule has 4 rings (SSSR count). The molecule has 0 aliphatic carbocycles. The van der Waals surface area contributed by atoms with Crippen molar-refractivity contribution in [1.82, 2.24) is 19.7 Å². The summed E-state index contributed by atoms with van der Waals surface area (Å²) in [5.74, 6) is 1.65. The van der Waals surface area contributed by atoms with Crippen molar-refractivity contribution in [3.05, 3.63) is 81.7 Å². The Morgan fingerprint density at radius 3 is 2.83 bits per heavy atom. The number of para-hydroxylation sites is 1. The summed E-state index contributed by atoms with van der Waals surface area (Å²) in [6, 6.07) is 13.6. The van der Waals surface area contributed by atoms with Crippen LogP contribution in [0.1, 0.15) is 24.0 Å². The van der Waals surface area contributed by atoms with Gasteiger partial charge in [0.1, 0.15) is 18.2 Å². The second-order valence-corrected chi connectivity index (χ2v) is 7.79. The zero-order chi connectivity index (χ0) is 21.1. The van der Waals surface area contributed by atoms with Crippen LogP contribution in [0.2, 0.25) is 0 Å². The Morgan fingerprint density at radius 2 is 2.00 bits per heavy atom. The van der Waals surface area contributed by atoms with Crippen molar-refractivity contribution in [2.75, 3.05) is 0 Å². The van der Waals surface area contributed by atoms with Crippen molar-refractivity contribution < 1.29 is 9.13 Å². The monoisotopic (exact) mass is 424 g/mol. The van der Waals surface area contributed by atoms with Gasteiger partial charge < -0.3 is 14.3 Å². The van der Waals surface area contributed by atoms with Gasteiger partial charge >= 0.3 is 0 Å². The molecule has 0 atom stereocenters. The van der Waals surface area contributed by atoms with Crippen LogP contribution in [0.25, 0.3) is 10.9 Å². The molecule has 0 unspecified atom stereocenters. The smallest absolute Gasteiger partial charge is 0.191 e. The van der Waals surface area contributed by atoms with E-state index in [0.29, 0.717) is 29.1 Å². The van der Waals surface area contributed by atoms with E-state index in [1.165, 1.54) is 30.0 Å². The van der Waals surface area contributed by atoms with Gasteiger partial charge in [0.05, 0.1) is 0 Å². The lowest BCUT2D eigenvalue weighted by Crippen LogP contribution is -2.06. The number of halogens is 1. The largest absolute Gasteiger partial charge is 0.485 e.